The van der Waals surface area contributed by atoms with Crippen molar-refractivity contribution in [1.29, 1.82) is 0 Å². The molecule has 1 heterocycles. The molecule has 0 fully saturated rings. The number of nitrogens with one attached hydrogen (secondary N) is 1. The van der Waals surface area contributed by atoms with Crippen molar-refractivity contribution in [1.82, 2.24) is 0 Å². The lowest BCUT2D eigenvalue weighted by atomic mass is 10.0. The summed E-state index contributed by atoms with van der Waals surface area (Å²) in [6, 6.07) is 5.33. The zero-order valence-corrected chi connectivity index (χ0v) is 7.86. The fourth-order valence-corrected chi connectivity index (χ4v) is 1.40. The molecule has 70 valence electrons. The number of nitrogen functional groups attached to an aromatic ring is 1. The molecule has 0 amide bonds. The third kappa shape index (κ3) is 1.75. The van der Waals surface area contributed by atoms with Gasteiger partial charge >= 0.3 is 0 Å². The summed E-state index contributed by atoms with van der Waals surface area (Å²) in [7, 11) is 0. The number of fused-ring (bicyclic) bond motifs is 1. The summed E-state index contributed by atoms with van der Waals surface area (Å²) in [4.78, 5) is 11.3. The van der Waals surface area contributed by atoms with Crippen LogP contribution in [0.25, 0.3) is 0 Å². The van der Waals surface area contributed by atoms with Crippen molar-refractivity contribution in [2.24, 2.45) is 0 Å². The molecule has 1 aliphatic heterocycles. The van der Waals surface area contributed by atoms with Gasteiger partial charge in [-0.05, 0) is 18.2 Å². The van der Waals surface area contributed by atoms with E-state index in [1.165, 1.54) is 0 Å². The number of carbonyl (C=O) groups is 1. The minimum Gasteiger partial charge on any atom is -0.399 e. The summed E-state index contributed by atoms with van der Waals surface area (Å²) in [6.45, 7) is 0.718. The number of anilines is 2. The van der Waals surface area contributed by atoms with E-state index in [1.54, 1.807) is 18.2 Å². The van der Waals surface area contributed by atoms with Crippen molar-refractivity contribution in [3.05, 3.63) is 23.8 Å². The molecule has 3 N–H and O–H groups in total. The molecule has 0 aliphatic carbocycles. The molecule has 1 aliphatic rings. The van der Waals surface area contributed by atoms with Crippen LogP contribution in [0.15, 0.2) is 18.2 Å². The number of ketones is 1. The first kappa shape index (κ1) is 9.86. The molecule has 0 saturated heterocycles. The summed E-state index contributed by atoms with van der Waals surface area (Å²) >= 11 is 0. The van der Waals surface area contributed by atoms with Gasteiger partial charge < -0.3 is 11.1 Å². The van der Waals surface area contributed by atoms with Crippen LogP contribution in [0.2, 0.25) is 0 Å². The van der Waals surface area contributed by atoms with E-state index in [1.807, 2.05) is 0 Å². The Morgan fingerprint density at radius 1 is 1.38 bits per heavy atom. The van der Waals surface area contributed by atoms with Gasteiger partial charge in [0.05, 0.1) is 0 Å². The molecule has 1 aromatic rings. The molecule has 0 radical (unpaired) electrons. The predicted octanol–water partition coefficient (Wildman–Crippen LogP) is 1.69. The second-order valence-electron chi connectivity index (χ2n) is 2.90. The number of benzene rings is 1. The molecular formula is C9H11ClN2O. The normalized spacial score (nSPS) is 14.0. The van der Waals surface area contributed by atoms with E-state index in [2.05, 4.69) is 5.32 Å². The highest BCUT2D eigenvalue weighted by molar-refractivity contribution is 6.03. The van der Waals surface area contributed by atoms with Crippen LogP contribution in [0.3, 0.4) is 0 Å². The monoisotopic (exact) mass is 198 g/mol. The van der Waals surface area contributed by atoms with Gasteiger partial charge in [-0.3, -0.25) is 4.79 Å². The summed E-state index contributed by atoms with van der Waals surface area (Å²) in [5, 5.41) is 3.13. The minimum atomic E-state index is 0. The van der Waals surface area contributed by atoms with Crippen LogP contribution in [0.4, 0.5) is 11.4 Å². The van der Waals surface area contributed by atoms with Crippen LogP contribution in [-0.4, -0.2) is 12.3 Å². The average molecular weight is 199 g/mol. The minimum absolute atomic E-state index is 0. The Bertz CT molecular complexity index is 338. The largest absolute Gasteiger partial charge is 0.399 e. The number of rotatable bonds is 0. The maximum absolute atomic E-state index is 11.3. The van der Waals surface area contributed by atoms with Crippen LogP contribution in [0.1, 0.15) is 16.8 Å². The predicted molar refractivity (Wildman–Crippen MR) is 55.5 cm³/mol. The highest BCUT2D eigenvalue weighted by Crippen LogP contribution is 2.23. The van der Waals surface area contributed by atoms with E-state index in [9.17, 15) is 4.79 Å². The van der Waals surface area contributed by atoms with E-state index in [-0.39, 0.29) is 18.2 Å². The Balaban J connectivity index is 0.000000845. The molecule has 0 spiro atoms. The topological polar surface area (TPSA) is 55.1 Å². The van der Waals surface area contributed by atoms with Gasteiger partial charge in [0.15, 0.2) is 5.78 Å². The van der Waals surface area contributed by atoms with Gasteiger partial charge in [-0.25, -0.2) is 0 Å². The lowest BCUT2D eigenvalue weighted by Crippen LogP contribution is -2.17. The Morgan fingerprint density at radius 3 is 2.92 bits per heavy atom. The molecule has 0 saturated carbocycles. The van der Waals surface area contributed by atoms with Gasteiger partial charge in [0.2, 0.25) is 0 Å². The summed E-state index contributed by atoms with van der Waals surface area (Å²) in [6.07, 6.45) is 0.580. The second kappa shape index (κ2) is 3.66. The van der Waals surface area contributed by atoms with E-state index >= 15 is 0 Å². The van der Waals surface area contributed by atoms with Crippen molar-refractivity contribution in [3.8, 4) is 0 Å². The Kier molecular flexibility index (Phi) is 2.78. The first-order valence-corrected chi connectivity index (χ1v) is 3.94. The first-order valence-electron chi connectivity index (χ1n) is 3.94. The molecule has 0 bridgehead atoms. The zero-order chi connectivity index (χ0) is 8.55. The van der Waals surface area contributed by atoms with Crippen LogP contribution >= 0.6 is 12.4 Å². The number of Topliss-reactive ketones (excluding diaryl/α,β-unsaturated/α-hetero) is 1. The molecule has 0 unspecified atom stereocenters. The molecule has 4 heteroatoms. The molecular weight excluding hydrogens is 188 g/mol. The smallest absolute Gasteiger partial charge is 0.166 e. The molecule has 0 atom stereocenters. The Hall–Kier alpha value is -1.22. The van der Waals surface area contributed by atoms with E-state index in [0.717, 1.165) is 17.8 Å². The standard InChI is InChI=1S/C9H10N2O.ClH/c10-6-1-2-7-8(5-6)11-4-3-9(7)12;/h1-2,5,11H,3-4,10H2;1H. The van der Waals surface area contributed by atoms with Gasteiger partial charge in [-0.15, -0.1) is 12.4 Å². The van der Waals surface area contributed by atoms with Gasteiger partial charge in [0, 0.05) is 29.9 Å². The SMILES string of the molecule is Cl.Nc1ccc2c(c1)NCCC2=O. The number of hydrogen-bond donors (Lipinski definition) is 2. The van der Waals surface area contributed by atoms with Gasteiger partial charge in [0.1, 0.15) is 0 Å². The van der Waals surface area contributed by atoms with Crippen LogP contribution in [0.5, 0.6) is 0 Å². The fourth-order valence-electron chi connectivity index (χ4n) is 1.40. The van der Waals surface area contributed by atoms with Gasteiger partial charge in [-0.1, -0.05) is 0 Å². The van der Waals surface area contributed by atoms with E-state index < -0.39 is 0 Å². The molecule has 1 aromatic carbocycles. The van der Waals surface area contributed by atoms with E-state index in [4.69, 9.17) is 5.73 Å². The highest BCUT2D eigenvalue weighted by atomic mass is 35.5. The molecule has 13 heavy (non-hydrogen) atoms. The van der Waals surface area contributed by atoms with Crippen molar-refractivity contribution in [2.45, 2.75) is 6.42 Å². The van der Waals surface area contributed by atoms with Crippen LogP contribution < -0.4 is 11.1 Å². The summed E-state index contributed by atoms with van der Waals surface area (Å²) in [5.41, 5.74) is 7.89. The number of hydrogen-bond acceptors (Lipinski definition) is 3. The van der Waals surface area contributed by atoms with Crippen molar-refractivity contribution in [2.75, 3.05) is 17.6 Å². The van der Waals surface area contributed by atoms with Gasteiger partial charge in [0.25, 0.3) is 0 Å². The average Bonchev–Trinajstić information content (AvgIpc) is 2.04. The zero-order valence-electron chi connectivity index (χ0n) is 7.04. The quantitative estimate of drug-likeness (QED) is 0.624. The van der Waals surface area contributed by atoms with Crippen LogP contribution in [-0.2, 0) is 0 Å². The fraction of sp³-hybridized carbons (Fsp3) is 0.222. The second-order valence-corrected chi connectivity index (χ2v) is 2.90. The van der Waals surface area contributed by atoms with Crippen molar-refractivity contribution >= 4 is 29.6 Å². The van der Waals surface area contributed by atoms with E-state index in [0.29, 0.717) is 12.1 Å². The number of carbonyl (C=O) groups excluding carboxylic acids is 1. The first-order chi connectivity index (χ1) is 5.77. The lowest BCUT2D eigenvalue weighted by molar-refractivity contribution is 0.0984. The third-order valence-corrected chi connectivity index (χ3v) is 2.01. The summed E-state index contributed by atoms with van der Waals surface area (Å²) < 4.78 is 0. The van der Waals surface area contributed by atoms with Crippen LogP contribution in [0, 0.1) is 0 Å². The molecule has 3 nitrogen and oxygen atoms in total. The van der Waals surface area contributed by atoms with Crippen molar-refractivity contribution < 1.29 is 4.79 Å². The van der Waals surface area contributed by atoms with Gasteiger partial charge in [-0.2, -0.15) is 0 Å². The maximum atomic E-state index is 11.3. The number of nitrogens with two attached hydrogens (primary N) is 1. The number of halogens is 1. The molecule has 0 aromatic heterocycles. The lowest BCUT2D eigenvalue weighted by Gasteiger charge is -2.16. The molecule has 2 rings (SSSR count). The van der Waals surface area contributed by atoms with Crippen molar-refractivity contribution in [3.63, 3.8) is 0 Å². The highest BCUT2D eigenvalue weighted by Gasteiger charge is 2.15. The third-order valence-electron chi connectivity index (χ3n) is 2.01. The Labute approximate surface area is 82.7 Å². The maximum Gasteiger partial charge on any atom is 0.166 e. The Morgan fingerprint density at radius 2 is 2.15 bits per heavy atom. The summed E-state index contributed by atoms with van der Waals surface area (Å²) in [5.74, 6) is 0.198.